The molecule has 8 nitrogen and oxygen atoms in total. The molecular formula is C31H36O8. The van der Waals surface area contributed by atoms with Crippen LogP contribution in [0.5, 0.6) is 5.75 Å². The molecule has 0 spiro atoms. The van der Waals surface area contributed by atoms with Gasteiger partial charge in [0.1, 0.15) is 24.1 Å². The third-order valence-electron chi connectivity index (χ3n) is 8.27. The summed E-state index contributed by atoms with van der Waals surface area (Å²) < 4.78 is 18.0. The minimum atomic E-state index is -1.41. The van der Waals surface area contributed by atoms with Crippen molar-refractivity contribution >= 4 is 17.9 Å². The van der Waals surface area contributed by atoms with Gasteiger partial charge in [-0.1, -0.05) is 44.5 Å². The van der Waals surface area contributed by atoms with E-state index in [1.165, 1.54) is 31.2 Å². The number of phenols is 1. The van der Waals surface area contributed by atoms with Crippen molar-refractivity contribution in [2.45, 2.75) is 71.4 Å². The van der Waals surface area contributed by atoms with Gasteiger partial charge in [-0.15, -0.1) is 0 Å². The van der Waals surface area contributed by atoms with Crippen molar-refractivity contribution in [3.63, 3.8) is 0 Å². The molecule has 8 heteroatoms. The smallest absolute Gasteiger partial charge is 0.338 e. The Hall–Kier alpha value is -3.65. The summed E-state index contributed by atoms with van der Waals surface area (Å²) >= 11 is 0. The molecule has 4 rings (SSSR count). The number of aliphatic hydroxyl groups is 1. The number of carbonyl (C=O) groups excluding carboxylic acids is 3. The van der Waals surface area contributed by atoms with Crippen LogP contribution in [0.4, 0.5) is 0 Å². The van der Waals surface area contributed by atoms with Crippen LogP contribution in [-0.2, 0) is 19.0 Å². The summed E-state index contributed by atoms with van der Waals surface area (Å²) in [5.74, 6) is -2.73. The molecule has 2 N–H and O–H groups in total. The zero-order valence-corrected chi connectivity index (χ0v) is 22.9. The SMILES string of the molecule is CC(=O)O[C@H]1C[C@@](O)(C(C)C)[C@@H]2[C@@H](OC(=O)c3ccc(O)cc3)CC(C)=C[C@H](OC(=O)c3ccccc3)[C@@]12C. The van der Waals surface area contributed by atoms with E-state index in [-0.39, 0.29) is 30.1 Å². The van der Waals surface area contributed by atoms with Gasteiger partial charge in [0.25, 0.3) is 0 Å². The normalized spacial score (nSPS) is 30.1. The second-order valence-electron chi connectivity index (χ2n) is 11.2. The Kier molecular flexibility index (Phi) is 7.89. The number of aromatic hydroxyl groups is 1. The van der Waals surface area contributed by atoms with E-state index in [4.69, 9.17) is 14.2 Å². The topological polar surface area (TPSA) is 119 Å². The number of benzene rings is 2. The Morgan fingerprint density at radius 1 is 0.923 bits per heavy atom. The second kappa shape index (κ2) is 10.8. The van der Waals surface area contributed by atoms with Crippen LogP contribution in [-0.4, -0.2) is 52.0 Å². The van der Waals surface area contributed by atoms with Crippen LogP contribution in [0.3, 0.4) is 0 Å². The Morgan fingerprint density at radius 3 is 2.10 bits per heavy atom. The maximum absolute atomic E-state index is 13.2. The van der Waals surface area contributed by atoms with E-state index in [1.54, 1.807) is 30.3 Å². The van der Waals surface area contributed by atoms with E-state index < -0.39 is 53.2 Å². The number of fused-ring (bicyclic) bond motifs is 1. The highest BCUT2D eigenvalue weighted by atomic mass is 16.6. The quantitative estimate of drug-likeness (QED) is 0.306. The zero-order valence-electron chi connectivity index (χ0n) is 22.9. The first-order chi connectivity index (χ1) is 18.4. The van der Waals surface area contributed by atoms with Crippen LogP contribution < -0.4 is 0 Å². The molecule has 0 unspecified atom stereocenters. The van der Waals surface area contributed by atoms with Gasteiger partial charge in [0.15, 0.2) is 0 Å². The summed E-state index contributed by atoms with van der Waals surface area (Å²) in [6.07, 6.45) is -0.343. The Balaban J connectivity index is 1.80. The molecule has 0 aromatic heterocycles. The van der Waals surface area contributed by atoms with Crippen molar-refractivity contribution in [1.82, 2.24) is 0 Å². The maximum Gasteiger partial charge on any atom is 0.338 e. The maximum atomic E-state index is 13.2. The summed E-state index contributed by atoms with van der Waals surface area (Å²) in [5.41, 5.74) is -1.13. The Labute approximate surface area is 228 Å². The van der Waals surface area contributed by atoms with Crippen LogP contribution >= 0.6 is 0 Å². The molecule has 39 heavy (non-hydrogen) atoms. The van der Waals surface area contributed by atoms with E-state index in [9.17, 15) is 24.6 Å². The molecule has 2 aliphatic carbocycles. The largest absolute Gasteiger partial charge is 0.508 e. The lowest BCUT2D eigenvalue weighted by molar-refractivity contribution is -0.161. The van der Waals surface area contributed by atoms with E-state index >= 15 is 0 Å². The molecule has 0 heterocycles. The fourth-order valence-electron chi connectivity index (χ4n) is 6.20. The van der Waals surface area contributed by atoms with Crippen molar-refractivity contribution < 1.29 is 38.8 Å². The highest BCUT2D eigenvalue weighted by molar-refractivity contribution is 5.90. The minimum Gasteiger partial charge on any atom is -0.508 e. The van der Waals surface area contributed by atoms with Crippen molar-refractivity contribution in [3.05, 3.63) is 77.4 Å². The summed E-state index contributed by atoms with van der Waals surface area (Å²) in [6, 6.07) is 14.3. The molecule has 208 valence electrons. The molecule has 6 atom stereocenters. The van der Waals surface area contributed by atoms with Gasteiger partial charge >= 0.3 is 17.9 Å². The molecule has 0 radical (unpaired) electrons. The highest BCUT2D eigenvalue weighted by Gasteiger charge is 2.69. The number of phenolic OH excluding ortho intramolecular Hbond substituents is 1. The Bertz CT molecular complexity index is 1250. The first-order valence-electron chi connectivity index (χ1n) is 13.2. The predicted octanol–water partition coefficient (Wildman–Crippen LogP) is 4.84. The lowest BCUT2D eigenvalue weighted by Crippen LogP contribution is -2.55. The number of hydrogen-bond acceptors (Lipinski definition) is 8. The van der Waals surface area contributed by atoms with Crippen LogP contribution in [0, 0.1) is 17.3 Å². The third-order valence-corrected chi connectivity index (χ3v) is 8.27. The predicted molar refractivity (Wildman–Crippen MR) is 143 cm³/mol. The molecule has 0 amide bonds. The molecule has 1 saturated carbocycles. The van der Waals surface area contributed by atoms with Crippen molar-refractivity contribution in [2.24, 2.45) is 17.3 Å². The van der Waals surface area contributed by atoms with Gasteiger partial charge in [-0.05, 0) is 55.3 Å². The molecule has 2 aliphatic rings. The van der Waals surface area contributed by atoms with Gasteiger partial charge in [-0.25, -0.2) is 9.59 Å². The molecule has 0 bridgehead atoms. The summed E-state index contributed by atoms with van der Waals surface area (Å²) in [7, 11) is 0. The van der Waals surface area contributed by atoms with Crippen LogP contribution in [0.2, 0.25) is 0 Å². The van der Waals surface area contributed by atoms with E-state index in [0.717, 1.165) is 5.57 Å². The number of carbonyl (C=O) groups is 3. The average Bonchev–Trinajstić information content (AvgIpc) is 3.04. The monoisotopic (exact) mass is 536 g/mol. The fraction of sp³-hybridized carbons (Fsp3) is 0.452. The lowest BCUT2D eigenvalue weighted by atomic mass is 9.66. The first-order valence-corrected chi connectivity index (χ1v) is 13.2. The zero-order chi connectivity index (χ0) is 28.5. The van der Waals surface area contributed by atoms with Gasteiger partial charge in [0.2, 0.25) is 0 Å². The number of rotatable bonds is 6. The molecule has 2 aromatic rings. The van der Waals surface area contributed by atoms with Gasteiger partial charge in [-0.3, -0.25) is 4.79 Å². The third kappa shape index (κ3) is 5.43. The molecular weight excluding hydrogens is 500 g/mol. The molecule has 0 saturated heterocycles. The molecule has 2 aromatic carbocycles. The van der Waals surface area contributed by atoms with Crippen LogP contribution in [0.1, 0.15) is 68.2 Å². The van der Waals surface area contributed by atoms with Crippen molar-refractivity contribution in [2.75, 3.05) is 0 Å². The van der Waals surface area contributed by atoms with Gasteiger partial charge in [-0.2, -0.15) is 0 Å². The second-order valence-corrected chi connectivity index (χ2v) is 11.2. The van der Waals surface area contributed by atoms with Crippen LogP contribution in [0.25, 0.3) is 0 Å². The number of esters is 3. The number of ether oxygens (including phenoxy) is 3. The van der Waals surface area contributed by atoms with Crippen LogP contribution in [0.15, 0.2) is 66.2 Å². The van der Waals surface area contributed by atoms with Gasteiger partial charge in [0.05, 0.1) is 22.1 Å². The summed E-state index contributed by atoms with van der Waals surface area (Å²) in [5, 5.41) is 21.8. The van der Waals surface area contributed by atoms with E-state index in [0.29, 0.717) is 5.56 Å². The van der Waals surface area contributed by atoms with Crippen molar-refractivity contribution in [1.29, 1.82) is 0 Å². The van der Waals surface area contributed by atoms with Crippen molar-refractivity contribution in [3.8, 4) is 5.75 Å². The van der Waals surface area contributed by atoms with E-state index in [2.05, 4.69) is 0 Å². The molecule has 1 fully saturated rings. The fourth-order valence-corrected chi connectivity index (χ4v) is 6.20. The summed E-state index contributed by atoms with van der Waals surface area (Å²) in [6.45, 7) is 8.71. The average molecular weight is 537 g/mol. The first kappa shape index (κ1) is 28.4. The standard InChI is InChI=1S/C31H36O8/c1-18(2)31(36)17-26(37-20(4)32)30(5)25(39-29(35)21-9-7-6-8-10-21)16-19(3)15-24(27(30)31)38-28(34)22-11-13-23(33)14-12-22/h6-14,16,18,24-27,33,36H,15,17H2,1-5H3/t24-,25-,26-,27+,30-,31+/m0/s1. The molecule has 0 aliphatic heterocycles. The van der Waals surface area contributed by atoms with E-state index in [1.807, 2.05) is 33.8 Å². The van der Waals surface area contributed by atoms with Gasteiger partial charge < -0.3 is 24.4 Å². The van der Waals surface area contributed by atoms with Gasteiger partial charge in [0, 0.05) is 25.7 Å². The minimum absolute atomic E-state index is 0.0182. The Morgan fingerprint density at radius 2 is 1.51 bits per heavy atom. The highest BCUT2D eigenvalue weighted by Crippen LogP contribution is 2.60. The summed E-state index contributed by atoms with van der Waals surface area (Å²) in [4.78, 5) is 38.7. The number of hydrogen-bond donors (Lipinski definition) is 2. The lowest BCUT2D eigenvalue weighted by Gasteiger charge is -2.45.